The number of carbonyl (C=O) groups is 1. The number of likely N-dealkylation sites (N-methyl/N-ethyl adjacent to an activating group) is 1. The maximum atomic E-state index is 12.9. The van der Waals surface area contributed by atoms with Crippen molar-refractivity contribution in [1.29, 1.82) is 0 Å². The van der Waals surface area contributed by atoms with Gasteiger partial charge in [-0.2, -0.15) is 9.97 Å². The molecule has 3 saturated heterocycles. The molecule has 5 heterocycles. The van der Waals surface area contributed by atoms with Crippen molar-refractivity contribution in [2.75, 3.05) is 50.1 Å². The van der Waals surface area contributed by atoms with Crippen molar-refractivity contribution >= 4 is 39.2 Å². The maximum absolute atomic E-state index is 12.9. The van der Waals surface area contributed by atoms with Crippen LogP contribution in [0.25, 0.3) is 32.8 Å². The molecule has 3 aliphatic rings. The summed E-state index contributed by atoms with van der Waals surface area (Å²) in [7, 11) is 2.15. The van der Waals surface area contributed by atoms with Crippen LogP contribution in [-0.4, -0.2) is 93.7 Å². The zero-order valence-electron chi connectivity index (χ0n) is 26.5. The second-order valence-corrected chi connectivity index (χ2v) is 13.1. The smallest absolute Gasteiger partial charge is 0.319 e. The molecule has 2 N–H and O–H groups in total. The first-order chi connectivity index (χ1) is 23.0. The van der Waals surface area contributed by atoms with Crippen molar-refractivity contribution in [3.63, 3.8) is 0 Å². The summed E-state index contributed by atoms with van der Waals surface area (Å²) in [5.74, 6) is 1.64. The Morgan fingerprint density at radius 1 is 0.957 bits per heavy atom. The van der Waals surface area contributed by atoms with Gasteiger partial charge in [0.05, 0.1) is 12.1 Å². The number of hydrogen-bond donors (Lipinski definition) is 2. The number of aromatic nitrogens is 3. The molecule has 3 aromatic carbocycles. The van der Waals surface area contributed by atoms with E-state index in [-0.39, 0.29) is 23.7 Å². The summed E-state index contributed by atoms with van der Waals surface area (Å²) >= 11 is 0. The van der Waals surface area contributed by atoms with Gasteiger partial charge in [-0.1, -0.05) is 36.4 Å². The Bertz CT molecular complexity index is 1920. The Kier molecular flexibility index (Phi) is 7.82. The number of rotatable bonds is 8. The number of piperazine rings is 1. The molecule has 10 heteroatoms. The van der Waals surface area contributed by atoms with Gasteiger partial charge in [0.1, 0.15) is 24.0 Å². The number of amides is 1. The van der Waals surface area contributed by atoms with E-state index < -0.39 is 0 Å². The molecule has 0 spiro atoms. The molecule has 10 nitrogen and oxygen atoms in total. The molecule has 8 rings (SSSR count). The predicted octanol–water partition coefficient (Wildman–Crippen LogP) is 5.32. The average molecular weight is 630 g/mol. The van der Waals surface area contributed by atoms with Crippen molar-refractivity contribution in [3.05, 3.63) is 79.0 Å². The number of benzene rings is 3. The number of fused-ring (bicyclic) bond motifs is 4. The van der Waals surface area contributed by atoms with Gasteiger partial charge < -0.3 is 25.0 Å². The Morgan fingerprint density at radius 2 is 1.79 bits per heavy atom. The van der Waals surface area contributed by atoms with Crippen molar-refractivity contribution < 1.29 is 14.6 Å². The van der Waals surface area contributed by atoms with Crippen molar-refractivity contribution in [2.24, 2.45) is 0 Å². The van der Waals surface area contributed by atoms with Crippen molar-refractivity contribution in [1.82, 2.24) is 24.8 Å². The van der Waals surface area contributed by atoms with Gasteiger partial charge in [-0.05, 0) is 97.6 Å². The minimum absolute atomic E-state index is 0.0522. The van der Waals surface area contributed by atoms with E-state index in [1.54, 1.807) is 18.3 Å². The molecule has 3 atom stereocenters. The highest BCUT2D eigenvalue weighted by Crippen LogP contribution is 2.40. The van der Waals surface area contributed by atoms with Crippen LogP contribution in [0.3, 0.4) is 0 Å². The number of phenolic OH excluding ortho intramolecular Hbond substituents is 1. The van der Waals surface area contributed by atoms with Gasteiger partial charge in [0, 0.05) is 42.8 Å². The second-order valence-electron chi connectivity index (χ2n) is 13.1. The fourth-order valence-electron chi connectivity index (χ4n) is 7.70. The molecule has 47 heavy (non-hydrogen) atoms. The van der Waals surface area contributed by atoms with Crippen LogP contribution < -0.4 is 15.0 Å². The minimum atomic E-state index is -0.0522. The molecular formula is C37H39N7O3. The SMILES string of the molecule is CN1CCC[C@H]1COc1nc(N2[C@@H]3CC[C@H]2CN(CC(=O)Nc2ccccn2)C3)c2ccc(-c3cc(O)cc4ccccc34)cc2n1. The summed E-state index contributed by atoms with van der Waals surface area (Å²) in [4.78, 5) is 34.2. The topological polar surface area (TPSA) is 107 Å². The van der Waals surface area contributed by atoms with E-state index in [4.69, 9.17) is 14.7 Å². The van der Waals surface area contributed by atoms with E-state index in [0.29, 0.717) is 31.0 Å². The van der Waals surface area contributed by atoms with Crippen LogP contribution in [0.2, 0.25) is 0 Å². The van der Waals surface area contributed by atoms with Crippen LogP contribution in [0.5, 0.6) is 11.8 Å². The third-order valence-electron chi connectivity index (χ3n) is 9.99. The molecule has 0 radical (unpaired) electrons. The van der Waals surface area contributed by atoms with Crippen LogP contribution in [0, 0.1) is 0 Å². The number of nitrogens with one attached hydrogen (secondary N) is 1. The lowest BCUT2D eigenvalue weighted by molar-refractivity contribution is -0.117. The summed E-state index contributed by atoms with van der Waals surface area (Å²) in [6, 6.07) is 24.7. The largest absolute Gasteiger partial charge is 0.508 e. The van der Waals surface area contributed by atoms with Gasteiger partial charge in [0.15, 0.2) is 0 Å². The highest BCUT2D eigenvalue weighted by atomic mass is 16.5. The van der Waals surface area contributed by atoms with Crippen LogP contribution in [0.1, 0.15) is 25.7 Å². The lowest BCUT2D eigenvalue weighted by atomic mass is 9.97. The van der Waals surface area contributed by atoms with Crippen LogP contribution in [-0.2, 0) is 4.79 Å². The van der Waals surface area contributed by atoms with E-state index in [1.807, 2.05) is 36.4 Å². The van der Waals surface area contributed by atoms with Gasteiger partial charge in [-0.15, -0.1) is 0 Å². The number of ether oxygens (including phenoxy) is 1. The molecule has 0 aliphatic carbocycles. The lowest BCUT2D eigenvalue weighted by Crippen LogP contribution is -2.55. The Hall–Kier alpha value is -4.80. The lowest BCUT2D eigenvalue weighted by Gasteiger charge is -2.41. The number of pyridine rings is 1. The molecule has 2 aromatic heterocycles. The molecule has 3 fully saturated rings. The van der Waals surface area contributed by atoms with E-state index in [2.05, 4.69) is 56.3 Å². The fourth-order valence-corrected chi connectivity index (χ4v) is 7.70. The first kappa shape index (κ1) is 29.6. The number of carbonyl (C=O) groups excluding carboxylic acids is 1. The second kappa shape index (κ2) is 12.4. The Balaban J connectivity index is 1.12. The summed E-state index contributed by atoms with van der Waals surface area (Å²) in [5.41, 5.74) is 2.74. The number of phenols is 1. The number of anilines is 2. The van der Waals surface area contributed by atoms with Gasteiger partial charge in [0.2, 0.25) is 5.91 Å². The van der Waals surface area contributed by atoms with Gasteiger partial charge in [-0.3, -0.25) is 9.69 Å². The first-order valence-corrected chi connectivity index (χ1v) is 16.6. The summed E-state index contributed by atoms with van der Waals surface area (Å²) < 4.78 is 6.36. The summed E-state index contributed by atoms with van der Waals surface area (Å²) in [6.07, 6.45) is 6.02. The molecule has 5 aromatic rings. The third kappa shape index (κ3) is 5.94. The third-order valence-corrected chi connectivity index (χ3v) is 9.99. The standard InChI is InChI=1S/C37H39N7O3/c1-42-16-6-8-28(42)23-47-37-39-33-18-25(32-19-29(45)17-24-7-2-3-9-30(24)32)11-14-31(33)36(41-37)44-26-12-13-27(44)21-43(20-26)22-35(46)40-34-10-4-5-15-38-34/h2-5,7,9-11,14-15,17-19,26-28,45H,6,8,12-13,16,20-23H2,1H3,(H,38,40,46)/t26-,27+,28-/m0/s1. The van der Waals surface area contributed by atoms with Crippen molar-refractivity contribution in [3.8, 4) is 22.9 Å². The zero-order chi connectivity index (χ0) is 31.9. The Labute approximate surface area is 274 Å². The van der Waals surface area contributed by atoms with Gasteiger partial charge >= 0.3 is 6.01 Å². The number of hydrogen-bond acceptors (Lipinski definition) is 9. The van der Waals surface area contributed by atoms with E-state index in [0.717, 1.165) is 77.5 Å². The summed E-state index contributed by atoms with van der Waals surface area (Å²) in [6.45, 7) is 3.49. The van der Waals surface area contributed by atoms with E-state index in [1.165, 1.54) is 6.42 Å². The number of nitrogens with zero attached hydrogens (tertiary/aromatic N) is 6. The molecule has 1 amide bonds. The van der Waals surface area contributed by atoms with Crippen molar-refractivity contribution in [2.45, 2.75) is 43.8 Å². The van der Waals surface area contributed by atoms with Crippen LogP contribution >= 0.6 is 0 Å². The highest BCUT2D eigenvalue weighted by Gasteiger charge is 2.42. The monoisotopic (exact) mass is 629 g/mol. The fraction of sp³-hybridized carbons (Fsp3) is 0.351. The molecule has 2 bridgehead atoms. The van der Waals surface area contributed by atoms with Crippen LogP contribution in [0.15, 0.2) is 79.0 Å². The molecule has 0 saturated carbocycles. The highest BCUT2D eigenvalue weighted by molar-refractivity contribution is 6.01. The van der Waals surface area contributed by atoms with E-state index in [9.17, 15) is 9.90 Å². The molecule has 3 aliphatic heterocycles. The maximum Gasteiger partial charge on any atom is 0.319 e. The number of likely N-dealkylation sites (tertiary alicyclic amines) is 2. The van der Waals surface area contributed by atoms with Gasteiger partial charge in [-0.25, -0.2) is 4.98 Å². The van der Waals surface area contributed by atoms with E-state index >= 15 is 0 Å². The molecule has 240 valence electrons. The predicted molar refractivity (Wildman–Crippen MR) is 184 cm³/mol. The average Bonchev–Trinajstić information content (AvgIpc) is 3.61. The molecule has 0 unspecified atom stereocenters. The summed E-state index contributed by atoms with van der Waals surface area (Å²) in [5, 5.41) is 16.5. The zero-order valence-corrected chi connectivity index (χ0v) is 26.5. The number of aromatic hydroxyl groups is 1. The van der Waals surface area contributed by atoms with Crippen LogP contribution in [0.4, 0.5) is 11.6 Å². The minimum Gasteiger partial charge on any atom is -0.508 e. The Morgan fingerprint density at radius 3 is 2.57 bits per heavy atom. The van der Waals surface area contributed by atoms with Gasteiger partial charge in [0.25, 0.3) is 0 Å². The normalized spacial score (nSPS) is 21.5. The first-order valence-electron chi connectivity index (χ1n) is 16.6. The quantitative estimate of drug-likeness (QED) is 0.236. The molecular weight excluding hydrogens is 590 g/mol.